The number of carbonyl (C=O) groups excluding carboxylic acids is 2. The first-order chi connectivity index (χ1) is 14.2. The Hall–Kier alpha value is -3.00. The lowest BCUT2D eigenvalue weighted by molar-refractivity contribution is -0.908. The van der Waals surface area contributed by atoms with E-state index in [1.165, 1.54) is 12.1 Å². The van der Waals surface area contributed by atoms with Crippen LogP contribution in [0.2, 0.25) is 0 Å². The number of likely N-dealkylation sites (N-methyl/N-ethyl adjacent to an activating group) is 1. The van der Waals surface area contributed by atoms with E-state index >= 15 is 0 Å². The smallest absolute Gasteiger partial charge is 0.387 e. The molecule has 0 fully saturated rings. The Balaban J connectivity index is 1.83. The Labute approximate surface area is 175 Å². The molecule has 0 saturated heterocycles. The summed E-state index contributed by atoms with van der Waals surface area (Å²) in [4.78, 5) is 25.5. The van der Waals surface area contributed by atoms with Gasteiger partial charge in [-0.2, -0.15) is 8.78 Å². The van der Waals surface area contributed by atoms with Crippen LogP contribution < -0.4 is 20.3 Å². The number of ether oxygens (including phenoxy) is 1. The number of rotatable bonds is 9. The topological polar surface area (TPSA) is 71.9 Å². The van der Waals surface area contributed by atoms with Crippen LogP contribution in [0.3, 0.4) is 0 Å². The Bertz CT molecular complexity index is 852. The average molecular weight is 420 g/mol. The summed E-state index contributed by atoms with van der Waals surface area (Å²) in [6.45, 7) is 3.12. The van der Waals surface area contributed by atoms with Gasteiger partial charge in [-0.05, 0) is 56.2 Å². The van der Waals surface area contributed by atoms with Crippen molar-refractivity contribution in [2.24, 2.45) is 0 Å². The van der Waals surface area contributed by atoms with E-state index < -0.39 is 12.7 Å². The van der Waals surface area contributed by atoms with E-state index in [0.29, 0.717) is 6.54 Å². The SMILES string of the molecule is Cc1cccc(C)c1NC(=O)CNC(=O)[C@@H](C)[NH+](C)Cc1ccc(OC(F)F)cc1. The number of anilines is 1. The highest BCUT2D eigenvalue weighted by Gasteiger charge is 2.22. The van der Waals surface area contributed by atoms with Gasteiger partial charge in [-0.25, -0.2) is 0 Å². The molecule has 2 aromatic carbocycles. The van der Waals surface area contributed by atoms with Crippen molar-refractivity contribution in [1.29, 1.82) is 0 Å². The van der Waals surface area contributed by atoms with Gasteiger partial charge in [-0.3, -0.25) is 9.59 Å². The van der Waals surface area contributed by atoms with Gasteiger partial charge in [-0.1, -0.05) is 18.2 Å². The van der Waals surface area contributed by atoms with Gasteiger partial charge in [0.25, 0.3) is 5.91 Å². The standard InChI is InChI=1S/C22H27F2N3O3/c1-14-6-5-7-15(2)20(14)26-19(28)12-25-21(29)16(3)27(4)13-17-8-10-18(11-9-17)30-22(23)24/h5-11,16,22H,12-13H2,1-4H3,(H,25,29)(H,26,28)/p+1/t16-/m1/s1. The molecule has 6 nitrogen and oxygen atoms in total. The zero-order chi connectivity index (χ0) is 22.3. The maximum atomic E-state index is 12.4. The number of benzene rings is 2. The monoisotopic (exact) mass is 420 g/mol. The first-order valence-electron chi connectivity index (χ1n) is 9.67. The second-order valence-corrected chi connectivity index (χ2v) is 7.30. The highest BCUT2D eigenvalue weighted by Crippen LogP contribution is 2.19. The normalized spacial score (nSPS) is 12.9. The molecular weight excluding hydrogens is 392 g/mol. The van der Waals surface area contributed by atoms with Crippen molar-refractivity contribution < 1.29 is 28.0 Å². The molecule has 162 valence electrons. The highest BCUT2D eigenvalue weighted by atomic mass is 19.3. The molecule has 1 unspecified atom stereocenters. The van der Waals surface area contributed by atoms with Gasteiger partial charge in [0.1, 0.15) is 12.3 Å². The number of quaternary nitrogens is 1. The zero-order valence-corrected chi connectivity index (χ0v) is 17.6. The number of aryl methyl sites for hydroxylation is 2. The van der Waals surface area contributed by atoms with Crippen LogP contribution in [-0.4, -0.2) is 38.1 Å². The Morgan fingerprint density at radius 3 is 2.23 bits per heavy atom. The predicted octanol–water partition coefficient (Wildman–Crippen LogP) is 2.06. The number of halogens is 2. The fourth-order valence-electron chi connectivity index (χ4n) is 3.00. The van der Waals surface area contributed by atoms with Gasteiger partial charge in [0.15, 0.2) is 6.04 Å². The van der Waals surface area contributed by atoms with Crippen LogP contribution in [0.4, 0.5) is 14.5 Å². The van der Waals surface area contributed by atoms with Crippen molar-refractivity contribution >= 4 is 17.5 Å². The van der Waals surface area contributed by atoms with E-state index in [1.54, 1.807) is 19.1 Å². The quantitative estimate of drug-likeness (QED) is 0.582. The van der Waals surface area contributed by atoms with Crippen LogP contribution in [0.15, 0.2) is 42.5 Å². The van der Waals surface area contributed by atoms with Crippen molar-refractivity contribution in [3.8, 4) is 5.75 Å². The molecule has 2 amide bonds. The molecule has 2 rings (SSSR count). The zero-order valence-electron chi connectivity index (χ0n) is 17.6. The average Bonchev–Trinajstić information content (AvgIpc) is 2.69. The Morgan fingerprint density at radius 1 is 1.07 bits per heavy atom. The summed E-state index contributed by atoms with van der Waals surface area (Å²) >= 11 is 0. The minimum atomic E-state index is -2.86. The number of para-hydroxylation sites is 1. The molecule has 2 atom stereocenters. The van der Waals surface area contributed by atoms with Gasteiger partial charge >= 0.3 is 6.61 Å². The van der Waals surface area contributed by atoms with Crippen molar-refractivity contribution in [1.82, 2.24) is 5.32 Å². The van der Waals surface area contributed by atoms with Crippen molar-refractivity contribution in [3.63, 3.8) is 0 Å². The summed E-state index contributed by atoms with van der Waals surface area (Å²) in [5.41, 5.74) is 3.54. The number of carbonyl (C=O) groups is 2. The molecule has 2 aromatic rings. The third-order valence-corrected chi connectivity index (χ3v) is 4.93. The fourth-order valence-corrected chi connectivity index (χ4v) is 3.00. The largest absolute Gasteiger partial charge is 0.435 e. The second kappa shape index (κ2) is 10.7. The molecular formula is C22H28F2N3O3+. The van der Waals surface area contributed by atoms with E-state index in [0.717, 1.165) is 27.3 Å². The minimum Gasteiger partial charge on any atom is -0.435 e. The third-order valence-electron chi connectivity index (χ3n) is 4.93. The molecule has 3 N–H and O–H groups in total. The molecule has 8 heteroatoms. The van der Waals surface area contributed by atoms with E-state index in [9.17, 15) is 18.4 Å². The maximum Gasteiger partial charge on any atom is 0.387 e. The maximum absolute atomic E-state index is 12.4. The van der Waals surface area contributed by atoms with Crippen LogP contribution >= 0.6 is 0 Å². The van der Waals surface area contributed by atoms with Crippen molar-refractivity contribution in [2.75, 3.05) is 18.9 Å². The number of amides is 2. The summed E-state index contributed by atoms with van der Waals surface area (Å²) in [6, 6.07) is 11.6. The number of hydrogen-bond acceptors (Lipinski definition) is 3. The van der Waals surface area contributed by atoms with Crippen molar-refractivity contribution in [2.45, 2.75) is 40.0 Å². The lowest BCUT2D eigenvalue weighted by atomic mass is 10.1. The van der Waals surface area contributed by atoms with Crippen molar-refractivity contribution in [3.05, 3.63) is 59.2 Å². The number of alkyl halides is 2. The van der Waals surface area contributed by atoms with Gasteiger partial charge in [0.2, 0.25) is 5.91 Å². The van der Waals surface area contributed by atoms with E-state index in [2.05, 4.69) is 15.4 Å². The molecule has 0 spiro atoms. The summed E-state index contributed by atoms with van der Waals surface area (Å²) in [5, 5.41) is 5.50. The van der Waals surface area contributed by atoms with Crippen LogP contribution in [0.25, 0.3) is 0 Å². The van der Waals surface area contributed by atoms with E-state index in [1.807, 2.05) is 39.1 Å². The molecule has 0 aliphatic carbocycles. The Morgan fingerprint density at radius 2 is 1.67 bits per heavy atom. The number of hydrogen-bond donors (Lipinski definition) is 3. The van der Waals surface area contributed by atoms with Crippen LogP contribution in [0, 0.1) is 13.8 Å². The van der Waals surface area contributed by atoms with Gasteiger partial charge in [0, 0.05) is 11.3 Å². The fraction of sp³-hybridized carbons (Fsp3) is 0.364. The molecule has 0 saturated carbocycles. The first-order valence-corrected chi connectivity index (χ1v) is 9.67. The Kier molecular flexibility index (Phi) is 8.29. The van der Waals surface area contributed by atoms with Gasteiger partial charge in [-0.15, -0.1) is 0 Å². The lowest BCUT2D eigenvalue weighted by Gasteiger charge is -2.21. The van der Waals surface area contributed by atoms with Crippen LogP contribution in [0.1, 0.15) is 23.6 Å². The van der Waals surface area contributed by atoms with E-state index in [-0.39, 0.29) is 24.1 Å². The van der Waals surface area contributed by atoms with Crippen LogP contribution in [0.5, 0.6) is 5.75 Å². The lowest BCUT2D eigenvalue weighted by Crippen LogP contribution is -3.12. The summed E-state index contributed by atoms with van der Waals surface area (Å²) in [6.07, 6.45) is 0. The summed E-state index contributed by atoms with van der Waals surface area (Å²) < 4.78 is 28.8. The molecule has 0 aliphatic rings. The summed E-state index contributed by atoms with van der Waals surface area (Å²) in [7, 11) is 1.85. The van der Waals surface area contributed by atoms with Gasteiger partial charge in [0.05, 0.1) is 13.6 Å². The molecule has 0 aromatic heterocycles. The molecule has 0 aliphatic heterocycles. The third kappa shape index (κ3) is 6.81. The predicted molar refractivity (Wildman–Crippen MR) is 111 cm³/mol. The molecule has 0 radical (unpaired) electrons. The molecule has 0 bridgehead atoms. The molecule has 30 heavy (non-hydrogen) atoms. The van der Waals surface area contributed by atoms with E-state index in [4.69, 9.17) is 0 Å². The minimum absolute atomic E-state index is 0.0899. The first kappa shape index (κ1) is 23.3. The van der Waals surface area contributed by atoms with Gasteiger partial charge < -0.3 is 20.3 Å². The molecule has 0 heterocycles. The van der Waals surface area contributed by atoms with Crippen LogP contribution in [-0.2, 0) is 16.1 Å². The summed E-state index contributed by atoms with van der Waals surface area (Å²) in [5.74, 6) is -0.450. The number of nitrogens with one attached hydrogen (secondary N) is 3. The second-order valence-electron chi connectivity index (χ2n) is 7.30. The highest BCUT2D eigenvalue weighted by molar-refractivity contribution is 5.96.